The van der Waals surface area contributed by atoms with Gasteiger partial charge >= 0.3 is 0 Å². The molecule has 2 rings (SSSR count). The maximum Gasteiger partial charge on any atom is 0.262 e. The minimum absolute atomic E-state index is 0.108. The van der Waals surface area contributed by atoms with E-state index in [9.17, 15) is 9.59 Å². The first kappa shape index (κ1) is 17.6. The Bertz CT molecular complexity index is 708. The fourth-order valence-corrected chi connectivity index (χ4v) is 2.27. The summed E-state index contributed by atoms with van der Waals surface area (Å²) in [5, 5.41) is 11.4. The number of benzene rings is 2. The molecule has 0 unspecified atom stereocenters. The van der Waals surface area contributed by atoms with Crippen LogP contribution in [0.15, 0.2) is 60.7 Å². The number of nitrogens with one attached hydrogen (secondary N) is 2. The van der Waals surface area contributed by atoms with Crippen LogP contribution in [0.4, 0.5) is 0 Å². The molecule has 0 spiro atoms. The van der Waals surface area contributed by atoms with Crippen molar-refractivity contribution in [3.63, 3.8) is 0 Å². The highest BCUT2D eigenvalue weighted by Crippen LogP contribution is 2.06. The van der Waals surface area contributed by atoms with Crippen molar-refractivity contribution in [1.29, 1.82) is 0 Å². The van der Waals surface area contributed by atoms with Crippen LogP contribution in [0.1, 0.15) is 15.9 Å². The normalized spacial score (nSPS) is 9.88. The predicted molar refractivity (Wildman–Crippen MR) is 93.3 cm³/mol. The zero-order valence-corrected chi connectivity index (χ0v) is 13.6. The topological polar surface area (TPSA) is 81.7 Å². The van der Waals surface area contributed by atoms with E-state index in [-0.39, 0.29) is 17.6 Å². The molecule has 0 atom stereocenters. The molecule has 7 heteroatoms. The summed E-state index contributed by atoms with van der Waals surface area (Å²) in [6, 6.07) is 18.0. The molecule has 124 valence electrons. The third-order valence-corrected chi connectivity index (χ3v) is 3.58. The maximum absolute atomic E-state index is 12.2. The van der Waals surface area contributed by atoms with Crippen LogP contribution in [0.5, 0.6) is 0 Å². The molecule has 0 saturated heterocycles. The van der Waals surface area contributed by atoms with Crippen molar-refractivity contribution in [2.45, 2.75) is 6.54 Å². The molecule has 0 aliphatic heterocycles. The summed E-state index contributed by atoms with van der Waals surface area (Å²) in [6.07, 6.45) is 0. The quantitative estimate of drug-likeness (QED) is 0.437. The lowest BCUT2D eigenvalue weighted by molar-refractivity contribution is -0.129. The van der Waals surface area contributed by atoms with Gasteiger partial charge in [-0.15, -0.1) is 0 Å². The van der Waals surface area contributed by atoms with Crippen molar-refractivity contribution in [3.8, 4) is 0 Å². The first-order chi connectivity index (χ1) is 11.6. The van der Waals surface area contributed by atoms with Gasteiger partial charge in [-0.3, -0.25) is 20.1 Å². The number of amides is 2. The molecule has 0 aliphatic rings. The second-order valence-electron chi connectivity index (χ2n) is 5.00. The molecule has 2 amide bonds. The average Bonchev–Trinajstić information content (AvgIpc) is 2.62. The molecule has 0 aliphatic carbocycles. The molecule has 0 aromatic heterocycles. The lowest BCUT2D eigenvalue weighted by Crippen LogP contribution is -2.46. The summed E-state index contributed by atoms with van der Waals surface area (Å²) in [4.78, 5) is 25.2. The van der Waals surface area contributed by atoms with Crippen molar-refractivity contribution < 1.29 is 14.8 Å². The van der Waals surface area contributed by atoms with E-state index in [1.54, 1.807) is 29.7 Å². The standard InChI is InChI=1S/C17H17N3O3S/c21-15(19-23)12-20(11-13-7-3-1-4-8-13)17(24)18-16(22)14-9-5-2-6-10-14/h1-10,23H,11-12H2,(H,19,21)(H,18,22,24). The Morgan fingerprint density at radius 2 is 1.58 bits per heavy atom. The highest BCUT2D eigenvalue weighted by atomic mass is 32.1. The van der Waals surface area contributed by atoms with E-state index in [2.05, 4.69) is 5.32 Å². The molecule has 0 saturated carbocycles. The molecule has 2 aromatic carbocycles. The summed E-state index contributed by atoms with van der Waals surface area (Å²) in [5.74, 6) is -0.981. The zero-order chi connectivity index (χ0) is 17.4. The summed E-state index contributed by atoms with van der Waals surface area (Å²) < 4.78 is 0. The molecule has 6 nitrogen and oxygen atoms in total. The van der Waals surface area contributed by atoms with Gasteiger partial charge in [0, 0.05) is 12.1 Å². The number of hydrogen-bond donors (Lipinski definition) is 3. The largest absolute Gasteiger partial charge is 0.335 e. The Morgan fingerprint density at radius 1 is 1.00 bits per heavy atom. The molecule has 2 aromatic rings. The minimum Gasteiger partial charge on any atom is -0.335 e. The van der Waals surface area contributed by atoms with Crippen LogP contribution in [-0.4, -0.2) is 33.6 Å². The Hall–Kier alpha value is -2.77. The van der Waals surface area contributed by atoms with E-state index in [1.807, 2.05) is 36.4 Å². The predicted octanol–water partition coefficient (Wildman–Crippen LogP) is 1.71. The van der Waals surface area contributed by atoms with Crippen LogP contribution in [0, 0.1) is 0 Å². The SMILES string of the molecule is O=C(CN(Cc1ccccc1)C(=S)NC(=O)c1ccccc1)NO. The van der Waals surface area contributed by atoms with Crippen LogP contribution in [-0.2, 0) is 11.3 Å². The van der Waals surface area contributed by atoms with Gasteiger partial charge < -0.3 is 4.90 Å². The van der Waals surface area contributed by atoms with Crippen LogP contribution in [0.3, 0.4) is 0 Å². The smallest absolute Gasteiger partial charge is 0.262 e. The minimum atomic E-state index is -0.623. The molecular weight excluding hydrogens is 326 g/mol. The van der Waals surface area contributed by atoms with Gasteiger partial charge in [-0.25, -0.2) is 5.48 Å². The fraction of sp³-hybridized carbons (Fsp3) is 0.118. The number of carbonyl (C=O) groups is 2. The molecule has 0 radical (unpaired) electrons. The summed E-state index contributed by atoms with van der Waals surface area (Å²) in [5.41, 5.74) is 2.95. The second kappa shape index (κ2) is 8.76. The molecular formula is C17H17N3O3S. The number of rotatable bonds is 5. The number of carbonyl (C=O) groups excluding carboxylic acids is 2. The van der Waals surface area contributed by atoms with Crippen molar-refractivity contribution in [2.24, 2.45) is 0 Å². The van der Waals surface area contributed by atoms with Crippen LogP contribution in [0.2, 0.25) is 0 Å². The Morgan fingerprint density at radius 3 is 2.17 bits per heavy atom. The van der Waals surface area contributed by atoms with Crippen molar-refractivity contribution in [3.05, 3.63) is 71.8 Å². The Balaban J connectivity index is 2.09. The number of thiocarbonyl (C=S) groups is 1. The van der Waals surface area contributed by atoms with Crippen molar-refractivity contribution >= 4 is 29.1 Å². The highest BCUT2D eigenvalue weighted by Gasteiger charge is 2.17. The highest BCUT2D eigenvalue weighted by molar-refractivity contribution is 7.80. The van der Waals surface area contributed by atoms with Gasteiger partial charge in [-0.2, -0.15) is 0 Å². The van der Waals surface area contributed by atoms with Gasteiger partial charge in [-0.1, -0.05) is 48.5 Å². The van der Waals surface area contributed by atoms with Crippen molar-refractivity contribution in [1.82, 2.24) is 15.7 Å². The molecule has 0 bridgehead atoms. The van der Waals surface area contributed by atoms with Crippen LogP contribution in [0.25, 0.3) is 0 Å². The van der Waals surface area contributed by atoms with Gasteiger partial charge in [0.1, 0.15) is 6.54 Å². The zero-order valence-electron chi connectivity index (χ0n) is 12.8. The monoisotopic (exact) mass is 343 g/mol. The van der Waals surface area contributed by atoms with Gasteiger partial charge in [0.2, 0.25) is 0 Å². The van der Waals surface area contributed by atoms with Gasteiger partial charge in [-0.05, 0) is 29.9 Å². The van der Waals surface area contributed by atoms with E-state index >= 15 is 0 Å². The van der Waals surface area contributed by atoms with Gasteiger partial charge in [0.15, 0.2) is 5.11 Å². The Labute approximate surface area is 145 Å². The van der Waals surface area contributed by atoms with Crippen molar-refractivity contribution in [2.75, 3.05) is 6.54 Å². The van der Waals surface area contributed by atoms with E-state index < -0.39 is 5.91 Å². The van der Waals surface area contributed by atoms with E-state index in [0.29, 0.717) is 12.1 Å². The first-order valence-electron chi connectivity index (χ1n) is 7.22. The lowest BCUT2D eigenvalue weighted by atomic mass is 10.2. The van der Waals surface area contributed by atoms with E-state index in [1.165, 1.54) is 4.90 Å². The van der Waals surface area contributed by atoms with Gasteiger partial charge in [0.05, 0.1) is 0 Å². The number of nitrogens with zero attached hydrogens (tertiary/aromatic N) is 1. The van der Waals surface area contributed by atoms with Gasteiger partial charge in [0.25, 0.3) is 11.8 Å². The lowest BCUT2D eigenvalue weighted by Gasteiger charge is -2.24. The summed E-state index contributed by atoms with van der Waals surface area (Å²) in [6.45, 7) is 0.140. The number of hydroxylamine groups is 1. The second-order valence-corrected chi connectivity index (χ2v) is 5.39. The number of hydrogen-bond acceptors (Lipinski definition) is 4. The molecule has 0 fully saturated rings. The first-order valence-corrected chi connectivity index (χ1v) is 7.63. The van der Waals surface area contributed by atoms with Crippen LogP contribution >= 0.6 is 12.2 Å². The Kier molecular flexibility index (Phi) is 6.41. The average molecular weight is 343 g/mol. The van der Waals surface area contributed by atoms with E-state index in [0.717, 1.165) is 5.56 Å². The van der Waals surface area contributed by atoms with E-state index in [4.69, 9.17) is 17.4 Å². The summed E-state index contributed by atoms with van der Waals surface area (Å²) >= 11 is 5.25. The molecule has 3 N–H and O–H groups in total. The molecule has 0 heterocycles. The third-order valence-electron chi connectivity index (χ3n) is 3.22. The van der Waals surface area contributed by atoms with Crippen LogP contribution < -0.4 is 10.8 Å². The fourth-order valence-electron chi connectivity index (χ4n) is 2.05. The maximum atomic E-state index is 12.2. The third kappa shape index (κ3) is 5.15. The summed E-state index contributed by atoms with van der Waals surface area (Å²) in [7, 11) is 0. The molecule has 24 heavy (non-hydrogen) atoms.